The van der Waals surface area contributed by atoms with Crippen LogP contribution in [0, 0.1) is 29.6 Å². The van der Waals surface area contributed by atoms with E-state index in [1.807, 2.05) is 27.7 Å². The van der Waals surface area contributed by atoms with Gasteiger partial charge in [0.1, 0.15) is 18.0 Å². The molecule has 2 saturated carbocycles. The van der Waals surface area contributed by atoms with Crippen LogP contribution in [-0.2, 0) is 23.8 Å². The van der Waals surface area contributed by atoms with Gasteiger partial charge in [0, 0.05) is 24.2 Å². The Morgan fingerprint density at radius 3 is 2.43 bits per heavy atom. The fraction of sp³-hybridized carbons (Fsp3) is 0.778. The molecule has 0 N–H and O–H groups in total. The zero-order chi connectivity index (χ0) is 16.7. The molecule has 4 fully saturated rings. The van der Waals surface area contributed by atoms with Gasteiger partial charge in [-0.2, -0.15) is 0 Å². The zero-order valence-electron chi connectivity index (χ0n) is 14.1. The highest BCUT2D eigenvalue weighted by Crippen LogP contribution is 2.55. The molecule has 5 nitrogen and oxygen atoms in total. The van der Waals surface area contributed by atoms with Crippen LogP contribution in [0.25, 0.3) is 0 Å². The Morgan fingerprint density at radius 1 is 1.04 bits per heavy atom. The minimum absolute atomic E-state index is 0.00480. The van der Waals surface area contributed by atoms with Crippen LogP contribution in [0.3, 0.4) is 0 Å². The van der Waals surface area contributed by atoms with E-state index in [0.29, 0.717) is 6.42 Å². The number of carbonyl (C=O) groups excluding carboxylic acids is 2. The maximum Gasteiger partial charge on any atom is 0.309 e. The Kier molecular flexibility index (Phi) is 3.11. The number of rotatable bonds is 0. The third kappa shape index (κ3) is 1.99. The van der Waals surface area contributed by atoms with Crippen LogP contribution in [0.5, 0.6) is 0 Å². The van der Waals surface area contributed by atoms with Crippen molar-refractivity contribution < 1.29 is 23.8 Å². The topological polar surface area (TPSA) is 61.8 Å². The van der Waals surface area contributed by atoms with Crippen LogP contribution >= 0.6 is 0 Å². The minimum atomic E-state index is -0.713. The molecule has 0 aromatic rings. The van der Waals surface area contributed by atoms with E-state index >= 15 is 0 Å². The number of esters is 1. The van der Waals surface area contributed by atoms with Gasteiger partial charge >= 0.3 is 5.97 Å². The molecule has 23 heavy (non-hydrogen) atoms. The van der Waals surface area contributed by atoms with Crippen molar-refractivity contribution in [3.05, 3.63) is 12.2 Å². The van der Waals surface area contributed by atoms with Crippen molar-refractivity contribution in [2.24, 2.45) is 29.6 Å². The largest absolute Gasteiger partial charge is 0.461 e. The standard InChI is InChI=1S/C18H24O5/c1-7-10-6-11(19)8(2)12(10)15-13(9(3)17(20)21-15)16-14(7)22-18(4,5)23-16/h8-10,12-16H,1,6H2,2-5H3/t8-,9+,10+,12+,13?,14+,15-,16-/m1/s1. The van der Waals surface area contributed by atoms with Crippen molar-refractivity contribution in [1.29, 1.82) is 0 Å². The van der Waals surface area contributed by atoms with Crippen LogP contribution in [0.2, 0.25) is 0 Å². The van der Waals surface area contributed by atoms with Gasteiger partial charge in [-0.3, -0.25) is 9.59 Å². The highest BCUT2D eigenvalue weighted by atomic mass is 16.8. The fourth-order valence-electron chi connectivity index (χ4n) is 5.13. The summed E-state index contributed by atoms with van der Waals surface area (Å²) in [4.78, 5) is 24.6. The molecule has 0 aromatic carbocycles. The summed E-state index contributed by atoms with van der Waals surface area (Å²) in [5.41, 5.74) is 0.931. The second-order valence-electron chi connectivity index (χ2n) is 8.01. The summed E-state index contributed by atoms with van der Waals surface area (Å²) < 4.78 is 18.0. The van der Waals surface area contributed by atoms with Crippen LogP contribution in [-0.4, -0.2) is 35.9 Å². The van der Waals surface area contributed by atoms with Gasteiger partial charge in [-0.15, -0.1) is 0 Å². The Bertz CT molecular complexity index is 594. The highest BCUT2D eigenvalue weighted by Gasteiger charge is 2.63. The van der Waals surface area contributed by atoms with E-state index in [2.05, 4.69) is 6.58 Å². The average molecular weight is 320 g/mol. The van der Waals surface area contributed by atoms with Crippen molar-refractivity contribution in [2.45, 2.75) is 58.2 Å². The van der Waals surface area contributed by atoms with E-state index < -0.39 is 5.79 Å². The molecule has 2 heterocycles. The molecule has 1 unspecified atom stereocenters. The summed E-state index contributed by atoms with van der Waals surface area (Å²) >= 11 is 0. The molecule has 0 aromatic heterocycles. The predicted molar refractivity (Wildman–Crippen MR) is 81.3 cm³/mol. The summed E-state index contributed by atoms with van der Waals surface area (Å²) in [6.45, 7) is 11.9. The van der Waals surface area contributed by atoms with Crippen LogP contribution < -0.4 is 0 Å². The molecule has 2 saturated heterocycles. The van der Waals surface area contributed by atoms with Crippen molar-refractivity contribution in [2.75, 3.05) is 0 Å². The second-order valence-corrected chi connectivity index (χ2v) is 8.01. The third-order valence-electron chi connectivity index (χ3n) is 6.28. The van der Waals surface area contributed by atoms with Gasteiger partial charge < -0.3 is 14.2 Å². The van der Waals surface area contributed by atoms with Crippen molar-refractivity contribution in [1.82, 2.24) is 0 Å². The summed E-state index contributed by atoms with van der Waals surface area (Å²) in [6.07, 6.45) is -0.333. The van der Waals surface area contributed by atoms with Gasteiger partial charge in [-0.05, 0) is 25.3 Å². The first kappa shape index (κ1) is 15.3. The molecule has 4 aliphatic rings. The summed E-state index contributed by atoms with van der Waals surface area (Å²) in [7, 11) is 0. The number of hydrogen-bond donors (Lipinski definition) is 0. The maximum absolute atomic E-state index is 12.3. The van der Waals surface area contributed by atoms with Gasteiger partial charge in [0.15, 0.2) is 5.79 Å². The van der Waals surface area contributed by atoms with Gasteiger partial charge in [-0.1, -0.05) is 20.4 Å². The molecular weight excluding hydrogens is 296 g/mol. The SMILES string of the molecule is C=C1[C@@H]2CC(=O)[C@@H](C)[C@@H]2[C@H]2OC(=O)[C@@H](C)C2[C@H]2OC(C)(C)O[C@@H]12. The lowest BCUT2D eigenvalue weighted by Crippen LogP contribution is -2.40. The minimum Gasteiger partial charge on any atom is -0.461 e. The number of ketones is 1. The van der Waals surface area contributed by atoms with Gasteiger partial charge in [-0.25, -0.2) is 0 Å². The Balaban J connectivity index is 1.81. The van der Waals surface area contributed by atoms with Crippen LogP contribution in [0.15, 0.2) is 12.2 Å². The maximum atomic E-state index is 12.3. The third-order valence-corrected chi connectivity index (χ3v) is 6.28. The first-order valence-corrected chi connectivity index (χ1v) is 8.49. The van der Waals surface area contributed by atoms with E-state index in [1.165, 1.54) is 0 Å². The lowest BCUT2D eigenvalue weighted by Gasteiger charge is -2.30. The van der Waals surface area contributed by atoms with Crippen LogP contribution in [0.4, 0.5) is 0 Å². The zero-order valence-corrected chi connectivity index (χ0v) is 14.1. The first-order chi connectivity index (χ1) is 10.7. The monoisotopic (exact) mass is 320 g/mol. The summed E-state index contributed by atoms with van der Waals surface area (Å²) in [6, 6.07) is 0. The van der Waals surface area contributed by atoms with E-state index in [1.54, 1.807) is 0 Å². The summed E-state index contributed by atoms with van der Waals surface area (Å²) in [5.74, 6) is -1.12. The van der Waals surface area contributed by atoms with E-state index in [0.717, 1.165) is 5.57 Å². The Morgan fingerprint density at radius 2 is 1.74 bits per heavy atom. The van der Waals surface area contributed by atoms with Crippen LogP contribution in [0.1, 0.15) is 34.1 Å². The van der Waals surface area contributed by atoms with E-state index in [4.69, 9.17) is 14.2 Å². The molecule has 0 amide bonds. The number of Topliss-reactive ketones (excluding diaryl/α,β-unsaturated/α-hetero) is 1. The second kappa shape index (κ2) is 4.67. The quantitative estimate of drug-likeness (QED) is 0.505. The van der Waals surface area contributed by atoms with E-state index in [-0.39, 0.29) is 59.7 Å². The van der Waals surface area contributed by atoms with Gasteiger partial charge in [0.2, 0.25) is 0 Å². The number of ether oxygens (including phenoxy) is 3. The molecular formula is C18H24O5. The molecule has 5 heteroatoms. The number of carbonyl (C=O) groups is 2. The fourth-order valence-corrected chi connectivity index (χ4v) is 5.13. The molecule has 2 aliphatic heterocycles. The molecule has 0 spiro atoms. The lowest BCUT2D eigenvalue weighted by molar-refractivity contribution is -0.157. The lowest BCUT2D eigenvalue weighted by atomic mass is 9.77. The molecule has 8 atom stereocenters. The number of hydrogen-bond acceptors (Lipinski definition) is 5. The highest BCUT2D eigenvalue weighted by molar-refractivity contribution is 5.85. The number of fused-ring (bicyclic) bond motifs is 5. The molecule has 4 rings (SSSR count). The first-order valence-electron chi connectivity index (χ1n) is 8.49. The van der Waals surface area contributed by atoms with Gasteiger partial charge in [0.25, 0.3) is 0 Å². The molecule has 2 aliphatic carbocycles. The van der Waals surface area contributed by atoms with E-state index in [9.17, 15) is 9.59 Å². The van der Waals surface area contributed by atoms with Crippen molar-refractivity contribution >= 4 is 11.8 Å². The smallest absolute Gasteiger partial charge is 0.309 e. The van der Waals surface area contributed by atoms with Gasteiger partial charge in [0.05, 0.1) is 12.0 Å². The average Bonchev–Trinajstić information content (AvgIpc) is 3.02. The molecule has 0 bridgehead atoms. The Hall–Kier alpha value is -1.20. The van der Waals surface area contributed by atoms with Crippen molar-refractivity contribution in [3.8, 4) is 0 Å². The molecule has 126 valence electrons. The summed E-state index contributed by atoms with van der Waals surface area (Å²) in [5, 5.41) is 0. The normalized spacial score (nSPS) is 51.0. The Labute approximate surface area is 136 Å². The predicted octanol–water partition coefficient (Wildman–Crippen LogP) is 2.10. The molecule has 0 radical (unpaired) electrons. The van der Waals surface area contributed by atoms with Crippen molar-refractivity contribution in [3.63, 3.8) is 0 Å².